The van der Waals surface area contributed by atoms with Gasteiger partial charge < -0.3 is 20.3 Å². The highest BCUT2D eigenvalue weighted by Crippen LogP contribution is 2.32. The van der Waals surface area contributed by atoms with Gasteiger partial charge in [-0.05, 0) is 43.7 Å². The molecule has 2 heterocycles. The summed E-state index contributed by atoms with van der Waals surface area (Å²) in [6.45, 7) is 4.89. The summed E-state index contributed by atoms with van der Waals surface area (Å²) < 4.78 is 5.71. The largest absolute Gasteiger partial charge is 0.379 e. The second-order valence-corrected chi connectivity index (χ2v) is 8.15. The fourth-order valence-corrected chi connectivity index (χ4v) is 5.14. The second kappa shape index (κ2) is 8.26. The Bertz CT molecular complexity index is 564. The standard InChI is InChI=1S/C20H30ClN3O/c21-17-7-1-2-9-20(17)24-11-4-5-15(13-24)23-18-8-3-6-16(18)19-14-25-12-10-22-19/h1-2,7,9,15-16,18-19,22-23H,3-6,8,10-14H2. The van der Waals surface area contributed by atoms with Gasteiger partial charge in [0.15, 0.2) is 0 Å². The topological polar surface area (TPSA) is 36.5 Å². The molecule has 1 aromatic carbocycles. The van der Waals surface area contributed by atoms with Gasteiger partial charge in [0.1, 0.15) is 0 Å². The van der Waals surface area contributed by atoms with Gasteiger partial charge in [-0.2, -0.15) is 0 Å². The summed E-state index contributed by atoms with van der Waals surface area (Å²) in [6.07, 6.45) is 6.44. The first kappa shape index (κ1) is 17.6. The van der Waals surface area contributed by atoms with E-state index in [1.54, 1.807) is 0 Å². The molecule has 4 atom stereocenters. The van der Waals surface area contributed by atoms with Crippen LogP contribution in [0.15, 0.2) is 24.3 Å². The second-order valence-electron chi connectivity index (χ2n) is 7.74. The Kier molecular flexibility index (Phi) is 5.81. The first-order chi connectivity index (χ1) is 12.3. The molecule has 0 amide bonds. The summed E-state index contributed by atoms with van der Waals surface area (Å²) in [5.74, 6) is 0.705. The van der Waals surface area contributed by atoms with Crippen LogP contribution >= 0.6 is 11.6 Å². The minimum absolute atomic E-state index is 0.525. The molecule has 4 nitrogen and oxygen atoms in total. The molecule has 5 heteroatoms. The lowest BCUT2D eigenvalue weighted by Crippen LogP contribution is -2.55. The van der Waals surface area contributed by atoms with E-state index >= 15 is 0 Å². The fourth-order valence-electron chi connectivity index (χ4n) is 4.88. The number of para-hydroxylation sites is 1. The van der Waals surface area contributed by atoms with Gasteiger partial charge in [0.25, 0.3) is 0 Å². The van der Waals surface area contributed by atoms with Crippen molar-refractivity contribution in [2.75, 3.05) is 37.7 Å². The minimum atomic E-state index is 0.525. The van der Waals surface area contributed by atoms with Gasteiger partial charge in [-0.1, -0.05) is 30.2 Å². The summed E-state index contributed by atoms with van der Waals surface area (Å²) in [7, 11) is 0. The summed E-state index contributed by atoms with van der Waals surface area (Å²) in [5.41, 5.74) is 1.18. The third-order valence-corrected chi connectivity index (χ3v) is 6.42. The van der Waals surface area contributed by atoms with Crippen molar-refractivity contribution in [3.05, 3.63) is 29.3 Å². The van der Waals surface area contributed by atoms with Crippen LogP contribution in [0.2, 0.25) is 5.02 Å². The number of hydrogen-bond donors (Lipinski definition) is 2. The highest BCUT2D eigenvalue weighted by atomic mass is 35.5. The van der Waals surface area contributed by atoms with Gasteiger partial charge >= 0.3 is 0 Å². The van der Waals surface area contributed by atoms with Crippen molar-refractivity contribution >= 4 is 17.3 Å². The van der Waals surface area contributed by atoms with Crippen LogP contribution in [0.25, 0.3) is 0 Å². The highest BCUT2D eigenvalue weighted by Gasteiger charge is 2.36. The van der Waals surface area contributed by atoms with E-state index in [0.29, 0.717) is 24.0 Å². The van der Waals surface area contributed by atoms with Gasteiger partial charge in [0.2, 0.25) is 0 Å². The van der Waals surface area contributed by atoms with Gasteiger partial charge in [-0.3, -0.25) is 0 Å². The maximum atomic E-state index is 6.42. The Morgan fingerprint density at radius 2 is 2.08 bits per heavy atom. The number of nitrogens with one attached hydrogen (secondary N) is 2. The van der Waals surface area contributed by atoms with Crippen LogP contribution in [0.4, 0.5) is 5.69 Å². The Morgan fingerprint density at radius 1 is 1.16 bits per heavy atom. The maximum absolute atomic E-state index is 6.42. The Balaban J connectivity index is 1.37. The average Bonchev–Trinajstić information content (AvgIpc) is 3.11. The molecule has 138 valence electrons. The summed E-state index contributed by atoms with van der Waals surface area (Å²) in [6, 6.07) is 9.93. The molecule has 2 aliphatic heterocycles. The van der Waals surface area contributed by atoms with E-state index < -0.39 is 0 Å². The minimum Gasteiger partial charge on any atom is -0.379 e. The zero-order valence-corrected chi connectivity index (χ0v) is 15.7. The third-order valence-electron chi connectivity index (χ3n) is 6.10. The summed E-state index contributed by atoms with van der Waals surface area (Å²) >= 11 is 6.42. The molecule has 2 saturated heterocycles. The average molecular weight is 364 g/mol. The lowest BCUT2D eigenvalue weighted by atomic mass is 9.92. The molecule has 3 aliphatic rings. The number of hydrogen-bond acceptors (Lipinski definition) is 4. The molecule has 3 fully saturated rings. The van der Waals surface area contributed by atoms with Crippen LogP contribution in [0, 0.1) is 5.92 Å². The quantitative estimate of drug-likeness (QED) is 0.862. The number of anilines is 1. The molecule has 2 N–H and O–H groups in total. The van der Waals surface area contributed by atoms with Gasteiger partial charge in [0.05, 0.1) is 23.9 Å². The lowest BCUT2D eigenvalue weighted by Gasteiger charge is -2.39. The van der Waals surface area contributed by atoms with Crippen molar-refractivity contribution in [2.45, 2.75) is 50.2 Å². The number of morpholine rings is 1. The number of benzene rings is 1. The number of halogens is 1. The van der Waals surface area contributed by atoms with E-state index in [2.05, 4.69) is 27.7 Å². The Hall–Kier alpha value is -0.810. The van der Waals surface area contributed by atoms with E-state index in [0.717, 1.165) is 37.9 Å². The first-order valence-corrected chi connectivity index (χ1v) is 10.3. The predicted molar refractivity (Wildman–Crippen MR) is 104 cm³/mol. The number of rotatable bonds is 4. The molecule has 25 heavy (non-hydrogen) atoms. The monoisotopic (exact) mass is 363 g/mol. The van der Waals surface area contributed by atoms with Crippen molar-refractivity contribution in [1.29, 1.82) is 0 Å². The zero-order chi connectivity index (χ0) is 17.1. The SMILES string of the molecule is Clc1ccccc1N1CCCC(NC2CCCC2C2COCCN2)C1. The van der Waals surface area contributed by atoms with E-state index in [1.807, 2.05) is 12.1 Å². The van der Waals surface area contributed by atoms with Crippen molar-refractivity contribution in [3.8, 4) is 0 Å². The van der Waals surface area contributed by atoms with Crippen LogP contribution in [-0.4, -0.2) is 51.0 Å². The third kappa shape index (κ3) is 4.13. The maximum Gasteiger partial charge on any atom is 0.0639 e. The zero-order valence-electron chi connectivity index (χ0n) is 14.9. The van der Waals surface area contributed by atoms with Gasteiger partial charge in [-0.25, -0.2) is 0 Å². The van der Waals surface area contributed by atoms with Crippen molar-refractivity contribution < 1.29 is 4.74 Å². The predicted octanol–water partition coefficient (Wildman–Crippen LogP) is 3.06. The van der Waals surface area contributed by atoms with Crippen LogP contribution < -0.4 is 15.5 Å². The molecule has 1 aliphatic carbocycles. The molecule has 1 aromatic rings. The lowest BCUT2D eigenvalue weighted by molar-refractivity contribution is 0.0515. The van der Waals surface area contributed by atoms with Gasteiger partial charge in [-0.15, -0.1) is 0 Å². The van der Waals surface area contributed by atoms with E-state index in [-0.39, 0.29) is 0 Å². The molecule has 0 bridgehead atoms. The Morgan fingerprint density at radius 3 is 2.92 bits per heavy atom. The molecule has 0 aromatic heterocycles. The summed E-state index contributed by atoms with van der Waals surface area (Å²) in [5, 5.41) is 8.55. The molecule has 1 saturated carbocycles. The van der Waals surface area contributed by atoms with Crippen molar-refractivity contribution in [3.63, 3.8) is 0 Å². The number of nitrogens with zero attached hydrogens (tertiary/aromatic N) is 1. The van der Waals surface area contributed by atoms with Gasteiger partial charge in [0, 0.05) is 37.8 Å². The molecular weight excluding hydrogens is 334 g/mol. The molecule has 0 radical (unpaired) electrons. The number of piperidine rings is 1. The van der Waals surface area contributed by atoms with Crippen LogP contribution in [0.5, 0.6) is 0 Å². The van der Waals surface area contributed by atoms with E-state index in [1.165, 1.54) is 37.8 Å². The molecular formula is C20H30ClN3O. The smallest absolute Gasteiger partial charge is 0.0639 e. The van der Waals surface area contributed by atoms with Crippen molar-refractivity contribution in [2.24, 2.45) is 5.92 Å². The van der Waals surface area contributed by atoms with Crippen LogP contribution in [0.3, 0.4) is 0 Å². The fraction of sp³-hybridized carbons (Fsp3) is 0.700. The first-order valence-electron chi connectivity index (χ1n) is 9.88. The highest BCUT2D eigenvalue weighted by molar-refractivity contribution is 6.33. The molecule has 0 spiro atoms. The van der Waals surface area contributed by atoms with Crippen molar-refractivity contribution in [1.82, 2.24) is 10.6 Å². The summed E-state index contributed by atoms with van der Waals surface area (Å²) in [4.78, 5) is 2.45. The Labute approximate surface area is 156 Å². The molecule has 4 unspecified atom stereocenters. The van der Waals surface area contributed by atoms with E-state index in [9.17, 15) is 0 Å². The van der Waals surface area contributed by atoms with Crippen LogP contribution in [0.1, 0.15) is 32.1 Å². The van der Waals surface area contributed by atoms with Crippen LogP contribution in [-0.2, 0) is 4.74 Å². The molecule has 4 rings (SSSR count). The van der Waals surface area contributed by atoms with E-state index in [4.69, 9.17) is 16.3 Å². The number of ether oxygens (including phenoxy) is 1. The normalized spacial score (nSPS) is 33.6.